The number of fused-ring (bicyclic) bond motifs is 1. The number of aromatic nitrogens is 1. The van der Waals surface area contributed by atoms with E-state index in [1.165, 1.54) is 5.69 Å². The molecule has 1 aliphatic carbocycles. The van der Waals surface area contributed by atoms with Gasteiger partial charge < -0.3 is 15.0 Å². The van der Waals surface area contributed by atoms with Crippen LogP contribution in [0.15, 0.2) is 0 Å². The minimum atomic E-state index is -0.485. The van der Waals surface area contributed by atoms with E-state index in [-0.39, 0.29) is 5.97 Å². The van der Waals surface area contributed by atoms with Gasteiger partial charge >= 0.3 is 5.97 Å². The minimum absolute atomic E-state index is 0.293. The highest BCUT2D eigenvalue weighted by atomic mass is 16.6. The van der Waals surface area contributed by atoms with Gasteiger partial charge in [0.2, 0.25) is 0 Å². The second-order valence-electron chi connectivity index (χ2n) is 5.95. The molecule has 2 rings (SSSR count). The number of esters is 1. The molecule has 2 N–H and O–H groups in total. The smallest absolute Gasteiger partial charge is 0.342 e. The number of hydrogen-bond acceptors (Lipinski definition) is 3. The largest absolute Gasteiger partial charge is 0.456 e. The lowest BCUT2D eigenvalue weighted by atomic mass is 9.95. The van der Waals surface area contributed by atoms with Gasteiger partial charge in [-0.15, -0.1) is 0 Å². The molecule has 4 heteroatoms. The normalized spacial score (nSPS) is 15.3. The van der Waals surface area contributed by atoms with Crippen LogP contribution in [0.4, 0.5) is 5.82 Å². The fraction of sp³-hybridized carbons (Fsp3) is 0.643. The summed E-state index contributed by atoms with van der Waals surface area (Å²) in [6, 6.07) is 0. The molecule has 0 atom stereocenters. The van der Waals surface area contributed by atoms with Crippen LogP contribution in [0.3, 0.4) is 0 Å². The topological polar surface area (TPSA) is 57.2 Å². The molecule has 0 aliphatic heterocycles. The van der Waals surface area contributed by atoms with Crippen LogP contribution in [-0.2, 0) is 24.6 Å². The number of anilines is 1. The van der Waals surface area contributed by atoms with Crippen molar-refractivity contribution in [3.8, 4) is 0 Å². The lowest BCUT2D eigenvalue weighted by Gasteiger charge is -2.20. The summed E-state index contributed by atoms with van der Waals surface area (Å²) in [5.74, 6) is 0.245. The minimum Gasteiger partial charge on any atom is -0.456 e. The highest BCUT2D eigenvalue weighted by Crippen LogP contribution is 2.32. The first-order chi connectivity index (χ1) is 8.31. The van der Waals surface area contributed by atoms with Crippen LogP contribution in [0.2, 0.25) is 0 Å². The predicted molar refractivity (Wildman–Crippen MR) is 71.6 cm³/mol. The Morgan fingerprint density at radius 2 is 1.89 bits per heavy atom. The molecule has 1 aromatic heterocycles. The Morgan fingerprint density at radius 1 is 1.28 bits per heavy atom. The summed E-state index contributed by atoms with van der Waals surface area (Å²) >= 11 is 0. The Bertz CT molecular complexity index is 481. The first-order valence-electron chi connectivity index (χ1n) is 6.50. The van der Waals surface area contributed by atoms with E-state index in [2.05, 4.69) is 0 Å². The van der Waals surface area contributed by atoms with E-state index in [4.69, 9.17) is 10.5 Å². The third-order valence-electron chi connectivity index (χ3n) is 3.37. The number of nitrogen functional groups attached to an aromatic ring is 1. The van der Waals surface area contributed by atoms with Crippen LogP contribution in [0.1, 0.15) is 55.2 Å². The molecule has 0 bridgehead atoms. The number of nitrogens with zero attached hydrogens (tertiary/aromatic N) is 1. The molecule has 1 aromatic rings. The van der Waals surface area contributed by atoms with Gasteiger partial charge in [0.15, 0.2) is 0 Å². The number of nitrogens with two attached hydrogens (primary N) is 1. The van der Waals surface area contributed by atoms with Gasteiger partial charge in [0.1, 0.15) is 17.0 Å². The van der Waals surface area contributed by atoms with Crippen LogP contribution in [-0.4, -0.2) is 16.1 Å². The van der Waals surface area contributed by atoms with E-state index in [1.807, 2.05) is 32.4 Å². The maximum Gasteiger partial charge on any atom is 0.342 e. The molecule has 0 saturated heterocycles. The van der Waals surface area contributed by atoms with Crippen LogP contribution in [0, 0.1) is 0 Å². The zero-order chi connectivity index (χ0) is 13.5. The lowest BCUT2D eigenvalue weighted by Crippen LogP contribution is -2.25. The Labute approximate surface area is 108 Å². The van der Waals surface area contributed by atoms with Crippen molar-refractivity contribution in [2.45, 2.75) is 52.1 Å². The SMILES string of the molecule is Cn1c(N)c(C(=O)OC(C)(C)C)c2c1CCCC2. The summed E-state index contributed by atoms with van der Waals surface area (Å²) < 4.78 is 7.39. The monoisotopic (exact) mass is 250 g/mol. The predicted octanol–water partition coefficient (Wildman–Crippen LogP) is 2.44. The van der Waals surface area contributed by atoms with Crippen molar-refractivity contribution in [3.05, 3.63) is 16.8 Å². The fourth-order valence-corrected chi connectivity index (χ4v) is 2.55. The Morgan fingerprint density at radius 3 is 2.50 bits per heavy atom. The molecule has 1 heterocycles. The van der Waals surface area contributed by atoms with E-state index in [9.17, 15) is 4.79 Å². The Balaban J connectivity index is 2.42. The molecule has 100 valence electrons. The van der Waals surface area contributed by atoms with E-state index < -0.39 is 5.60 Å². The van der Waals surface area contributed by atoms with Gasteiger partial charge in [-0.1, -0.05) is 0 Å². The molecule has 0 aromatic carbocycles. The maximum atomic E-state index is 12.3. The third kappa shape index (κ3) is 2.24. The zero-order valence-corrected chi connectivity index (χ0v) is 11.7. The highest BCUT2D eigenvalue weighted by molar-refractivity contribution is 5.97. The summed E-state index contributed by atoms with van der Waals surface area (Å²) in [4.78, 5) is 12.3. The Kier molecular flexibility index (Phi) is 3.13. The van der Waals surface area contributed by atoms with Crippen LogP contribution < -0.4 is 5.73 Å². The van der Waals surface area contributed by atoms with Crippen molar-refractivity contribution in [1.29, 1.82) is 0 Å². The molecule has 1 aliphatic rings. The summed E-state index contributed by atoms with van der Waals surface area (Å²) in [5, 5.41) is 0. The molecular weight excluding hydrogens is 228 g/mol. The van der Waals surface area contributed by atoms with Gasteiger partial charge in [-0.2, -0.15) is 0 Å². The van der Waals surface area contributed by atoms with Crippen LogP contribution in [0.5, 0.6) is 0 Å². The number of carbonyl (C=O) groups excluding carboxylic acids is 1. The van der Waals surface area contributed by atoms with Gasteiger partial charge in [0, 0.05) is 12.7 Å². The van der Waals surface area contributed by atoms with Crippen molar-refractivity contribution in [2.24, 2.45) is 7.05 Å². The number of ether oxygens (including phenoxy) is 1. The average molecular weight is 250 g/mol. The molecular formula is C14H22N2O2. The fourth-order valence-electron chi connectivity index (χ4n) is 2.55. The van der Waals surface area contributed by atoms with Crippen molar-refractivity contribution in [1.82, 2.24) is 4.57 Å². The van der Waals surface area contributed by atoms with Gasteiger partial charge in [-0.25, -0.2) is 4.79 Å². The van der Waals surface area contributed by atoms with Crippen molar-refractivity contribution in [3.63, 3.8) is 0 Å². The second-order valence-corrected chi connectivity index (χ2v) is 5.95. The van der Waals surface area contributed by atoms with E-state index in [0.717, 1.165) is 31.2 Å². The molecule has 0 radical (unpaired) electrons. The first kappa shape index (κ1) is 13.0. The third-order valence-corrected chi connectivity index (χ3v) is 3.37. The van der Waals surface area contributed by atoms with Crippen LogP contribution in [0.25, 0.3) is 0 Å². The molecule has 0 spiro atoms. The maximum absolute atomic E-state index is 12.3. The van der Waals surface area contributed by atoms with Gasteiger partial charge in [0.05, 0.1) is 0 Å². The quantitative estimate of drug-likeness (QED) is 0.779. The summed E-state index contributed by atoms with van der Waals surface area (Å²) in [5.41, 5.74) is 8.45. The van der Waals surface area contributed by atoms with Crippen molar-refractivity contribution >= 4 is 11.8 Å². The number of carbonyl (C=O) groups is 1. The first-order valence-corrected chi connectivity index (χ1v) is 6.50. The van der Waals surface area contributed by atoms with E-state index in [0.29, 0.717) is 11.4 Å². The lowest BCUT2D eigenvalue weighted by molar-refractivity contribution is 0.00696. The van der Waals surface area contributed by atoms with Gasteiger partial charge in [0.25, 0.3) is 0 Å². The van der Waals surface area contributed by atoms with E-state index in [1.54, 1.807) is 0 Å². The molecule has 18 heavy (non-hydrogen) atoms. The summed E-state index contributed by atoms with van der Waals surface area (Å²) in [7, 11) is 1.92. The molecule has 4 nitrogen and oxygen atoms in total. The Hall–Kier alpha value is -1.45. The van der Waals surface area contributed by atoms with E-state index >= 15 is 0 Å². The summed E-state index contributed by atoms with van der Waals surface area (Å²) in [6.07, 6.45) is 4.21. The molecule has 0 fully saturated rings. The average Bonchev–Trinajstić information content (AvgIpc) is 2.50. The second kappa shape index (κ2) is 4.34. The van der Waals surface area contributed by atoms with Crippen molar-refractivity contribution < 1.29 is 9.53 Å². The van der Waals surface area contributed by atoms with Crippen molar-refractivity contribution in [2.75, 3.05) is 5.73 Å². The molecule has 0 amide bonds. The van der Waals surface area contributed by atoms with Crippen LogP contribution >= 0.6 is 0 Å². The standard InChI is InChI=1S/C14H22N2O2/c1-14(2,3)18-13(17)11-9-7-5-6-8-10(9)16(4)12(11)15/h5-8,15H2,1-4H3. The highest BCUT2D eigenvalue weighted by Gasteiger charge is 2.29. The number of hydrogen-bond donors (Lipinski definition) is 1. The molecule has 0 saturated carbocycles. The molecule has 0 unspecified atom stereocenters. The zero-order valence-electron chi connectivity index (χ0n) is 11.7. The van der Waals surface area contributed by atoms with Gasteiger partial charge in [-0.3, -0.25) is 0 Å². The number of rotatable bonds is 1. The van der Waals surface area contributed by atoms with Gasteiger partial charge in [-0.05, 0) is 52.0 Å². The summed E-state index contributed by atoms with van der Waals surface area (Å²) in [6.45, 7) is 5.61.